The van der Waals surface area contributed by atoms with Gasteiger partial charge in [-0.2, -0.15) is 0 Å². The van der Waals surface area contributed by atoms with Gasteiger partial charge in [-0.15, -0.1) is 0 Å². The standard InChI is InChI=1S/C39H73NO6/c1-5-6-7-8-9-10-11-12-13-14-15-16-17-18-19-20-21-22-23-24-25-26-30-40(31-27-34(2)37(41)42,32-28-35(3)38(43)44)33-29-36(4)39(45)46/h17-18,34-36H,5-16,19-33H2,1-4H3,(H2-,41,42,43,44,45,46)/p+1/b18-17-. The molecule has 0 saturated heterocycles. The molecule has 0 aliphatic heterocycles. The molecule has 3 N–H and O–H groups in total. The van der Waals surface area contributed by atoms with Crippen molar-refractivity contribution in [3.8, 4) is 0 Å². The number of carboxylic acids is 3. The molecule has 7 nitrogen and oxygen atoms in total. The Balaban J connectivity index is 4.32. The van der Waals surface area contributed by atoms with E-state index in [4.69, 9.17) is 0 Å². The van der Waals surface area contributed by atoms with Crippen LogP contribution in [-0.4, -0.2) is 63.9 Å². The van der Waals surface area contributed by atoms with E-state index in [0.29, 0.717) is 43.4 Å². The molecule has 7 heteroatoms. The lowest BCUT2D eigenvalue weighted by Crippen LogP contribution is -2.52. The van der Waals surface area contributed by atoms with E-state index in [2.05, 4.69) is 19.1 Å². The number of rotatable bonds is 34. The largest absolute Gasteiger partial charge is 0.481 e. The van der Waals surface area contributed by atoms with Crippen molar-refractivity contribution in [3.05, 3.63) is 12.2 Å². The average molecular weight is 653 g/mol. The first-order valence-corrected chi connectivity index (χ1v) is 19.2. The second-order valence-electron chi connectivity index (χ2n) is 14.4. The van der Waals surface area contributed by atoms with Gasteiger partial charge in [-0.1, -0.05) is 130 Å². The summed E-state index contributed by atoms with van der Waals surface area (Å²) in [5.41, 5.74) is 0. The van der Waals surface area contributed by atoms with Crippen molar-refractivity contribution in [1.82, 2.24) is 0 Å². The molecule has 0 aromatic carbocycles. The van der Waals surface area contributed by atoms with Crippen LogP contribution in [0.3, 0.4) is 0 Å². The Labute approximate surface area is 283 Å². The van der Waals surface area contributed by atoms with E-state index < -0.39 is 35.7 Å². The predicted molar refractivity (Wildman–Crippen MR) is 191 cm³/mol. The molecule has 0 aliphatic carbocycles. The van der Waals surface area contributed by atoms with Crippen LogP contribution in [0.5, 0.6) is 0 Å². The number of hydrogen-bond donors (Lipinski definition) is 3. The summed E-state index contributed by atoms with van der Waals surface area (Å²) in [6.45, 7) is 10.2. The smallest absolute Gasteiger partial charge is 0.306 e. The molecule has 0 aromatic rings. The highest BCUT2D eigenvalue weighted by atomic mass is 16.4. The van der Waals surface area contributed by atoms with Crippen molar-refractivity contribution in [2.24, 2.45) is 17.8 Å². The maximum absolute atomic E-state index is 11.5. The molecule has 3 unspecified atom stereocenters. The molecule has 0 spiro atoms. The lowest BCUT2D eigenvalue weighted by Gasteiger charge is -2.40. The van der Waals surface area contributed by atoms with Crippen LogP contribution in [0.1, 0.15) is 175 Å². The zero-order chi connectivity index (χ0) is 34.5. The Kier molecular flexibility index (Phi) is 28.1. The fourth-order valence-corrected chi connectivity index (χ4v) is 6.20. The van der Waals surface area contributed by atoms with Crippen molar-refractivity contribution in [1.29, 1.82) is 0 Å². The van der Waals surface area contributed by atoms with Crippen molar-refractivity contribution in [2.45, 2.75) is 175 Å². The summed E-state index contributed by atoms with van der Waals surface area (Å²) in [5.74, 6) is -3.91. The number of quaternary nitrogens is 1. The molecule has 0 fully saturated rings. The normalized spacial score (nSPS) is 15.0. The van der Waals surface area contributed by atoms with Crippen molar-refractivity contribution >= 4 is 17.9 Å². The van der Waals surface area contributed by atoms with E-state index >= 15 is 0 Å². The fraction of sp³-hybridized carbons (Fsp3) is 0.872. The number of nitrogens with zero attached hydrogens (tertiary/aromatic N) is 1. The Morgan fingerprint density at radius 3 is 1.04 bits per heavy atom. The predicted octanol–water partition coefficient (Wildman–Crippen LogP) is 10.5. The maximum Gasteiger partial charge on any atom is 0.306 e. The molecule has 3 atom stereocenters. The first kappa shape index (κ1) is 44.1. The fourth-order valence-electron chi connectivity index (χ4n) is 6.20. The van der Waals surface area contributed by atoms with Gasteiger partial charge in [-0.3, -0.25) is 14.4 Å². The SMILES string of the molecule is CCCCCCCCCCCCC/C=C\CCCCCCCCC[N+](CCC(C)C(=O)O)(CCC(C)C(=O)O)CCC(C)C(=O)O. The summed E-state index contributed by atoms with van der Waals surface area (Å²) in [7, 11) is 0. The van der Waals surface area contributed by atoms with Crippen LogP contribution < -0.4 is 0 Å². The number of carboxylic acid groups (broad SMARTS) is 3. The molecule has 0 heterocycles. The van der Waals surface area contributed by atoms with Gasteiger partial charge in [0.15, 0.2) is 0 Å². The second kappa shape index (κ2) is 29.3. The highest BCUT2D eigenvalue weighted by molar-refractivity contribution is 5.70. The first-order chi connectivity index (χ1) is 22.0. The van der Waals surface area contributed by atoms with Crippen molar-refractivity contribution in [2.75, 3.05) is 26.2 Å². The van der Waals surface area contributed by atoms with Gasteiger partial charge in [-0.25, -0.2) is 0 Å². The molecule has 0 aromatic heterocycles. The summed E-state index contributed by atoms with van der Waals surface area (Å²) in [6, 6.07) is 0. The minimum Gasteiger partial charge on any atom is -0.481 e. The summed E-state index contributed by atoms with van der Waals surface area (Å²) >= 11 is 0. The number of aliphatic carboxylic acids is 3. The minimum absolute atomic E-state index is 0.481. The zero-order valence-corrected chi connectivity index (χ0v) is 30.5. The van der Waals surface area contributed by atoms with E-state index in [1.807, 2.05) is 0 Å². The van der Waals surface area contributed by atoms with E-state index in [-0.39, 0.29) is 0 Å². The highest BCUT2D eigenvalue weighted by Crippen LogP contribution is 2.22. The topological polar surface area (TPSA) is 112 Å². The van der Waals surface area contributed by atoms with Crippen LogP contribution in [0, 0.1) is 17.8 Å². The lowest BCUT2D eigenvalue weighted by atomic mass is 10.0. The molecule has 46 heavy (non-hydrogen) atoms. The van der Waals surface area contributed by atoms with Crippen LogP contribution in [-0.2, 0) is 14.4 Å². The molecule has 0 radical (unpaired) electrons. The van der Waals surface area contributed by atoms with Crippen LogP contribution in [0.4, 0.5) is 0 Å². The molecule has 0 amide bonds. The molecule has 0 bridgehead atoms. The third kappa shape index (κ3) is 25.2. The van der Waals surface area contributed by atoms with Crippen LogP contribution in [0.15, 0.2) is 12.2 Å². The zero-order valence-electron chi connectivity index (χ0n) is 30.5. The summed E-state index contributed by atoms with van der Waals surface area (Å²) in [5, 5.41) is 28.4. The molecule has 0 aliphatic rings. The van der Waals surface area contributed by atoms with Crippen LogP contribution in [0.2, 0.25) is 0 Å². The van der Waals surface area contributed by atoms with Gasteiger partial charge in [0.25, 0.3) is 0 Å². The molecule has 0 saturated carbocycles. The van der Waals surface area contributed by atoms with Gasteiger partial charge in [0.2, 0.25) is 0 Å². The minimum atomic E-state index is -0.823. The van der Waals surface area contributed by atoms with Gasteiger partial charge in [-0.05, 0) is 38.5 Å². The quantitative estimate of drug-likeness (QED) is 0.0362. The van der Waals surface area contributed by atoms with Crippen molar-refractivity contribution in [3.63, 3.8) is 0 Å². The maximum atomic E-state index is 11.5. The molecular weight excluding hydrogens is 578 g/mol. The van der Waals surface area contributed by atoms with Gasteiger partial charge in [0, 0.05) is 19.3 Å². The van der Waals surface area contributed by atoms with Crippen LogP contribution >= 0.6 is 0 Å². The molecule has 270 valence electrons. The monoisotopic (exact) mass is 653 g/mol. The highest BCUT2D eigenvalue weighted by Gasteiger charge is 2.31. The third-order valence-electron chi connectivity index (χ3n) is 10.0. The summed E-state index contributed by atoms with van der Waals surface area (Å²) in [4.78, 5) is 34.6. The summed E-state index contributed by atoms with van der Waals surface area (Å²) in [6.07, 6.45) is 32.2. The first-order valence-electron chi connectivity index (χ1n) is 19.2. The van der Waals surface area contributed by atoms with Gasteiger partial charge in [0.1, 0.15) is 0 Å². The summed E-state index contributed by atoms with van der Waals surface area (Å²) < 4.78 is 0.610. The molecular formula is C39H74NO6+. The average Bonchev–Trinajstić information content (AvgIpc) is 3.03. The Morgan fingerprint density at radius 2 is 0.739 bits per heavy atom. The van der Waals surface area contributed by atoms with Gasteiger partial charge >= 0.3 is 17.9 Å². The second-order valence-corrected chi connectivity index (χ2v) is 14.4. The Morgan fingerprint density at radius 1 is 0.457 bits per heavy atom. The Hall–Kier alpha value is -1.89. The van der Waals surface area contributed by atoms with Gasteiger partial charge in [0.05, 0.1) is 43.9 Å². The van der Waals surface area contributed by atoms with E-state index in [1.54, 1.807) is 20.8 Å². The number of unbranched alkanes of at least 4 members (excludes halogenated alkanes) is 18. The lowest BCUT2D eigenvalue weighted by molar-refractivity contribution is -0.929. The van der Waals surface area contributed by atoms with E-state index in [1.165, 1.54) is 109 Å². The third-order valence-corrected chi connectivity index (χ3v) is 10.0. The number of hydrogen-bond acceptors (Lipinski definition) is 3. The van der Waals surface area contributed by atoms with E-state index in [9.17, 15) is 29.7 Å². The molecule has 0 rings (SSSR count). The number of allylic oxidation sites excluding steroid dienone is 2. The van der Waals surface area contributed by atoms with Crippen molar-refractivity contribution < 1.29 is 34.2 Å². The van der Waals surface area contributed by atoms with E-state index in [0.717, 1.165) is 25.8 Å². The van der Waals surface area contributed by atoms with Crippen LogP contribution in [0.25, 0.3) is 0 Å². The number of carbonyl (C=O) groups is 3. The van der Waals surface area contributed by atoms with Gasteiger partial charge < -0.3 is 19.8 Å². The Bertz CT molecular complexity index is 738.